The smallest absolute Gasteiger partial charge is 0.271 e. The van der Waals surface area contributed by atoms with Gasteiger partial charge in [0.05, 0.1) is 47.2 Å². The topological polar surface area (TPSA) is 48.8 Å². The van der Waals surface area contributed by atoms with Gasteiger partial charge in [0.25, 0.3) is 6.33 Å². The van der Waals surface area contributed by atoms with E-state index in [-0.39, 0.29) is 27.9 Å². The highest BCUT2D eigenvalue weighted by molar-refractivity contribution is 6.09. The van der Waals surface area contributed by atoms with Crippen LogP contribution in [0.3, 0.4) is 0 Å². The van der Waals surface area contributed by atoms with Crippen molar-refractivity contribution in [1.29, 1.82) is 0 Å². The maximum Gasteiger partial charge on any atom is 0.271 e. The molecule has 6 nitrogen and oxygen atoms in total. The first-order valence-corrected chi connectivity index (χ1v) is 21.6. The molecule has 4 aromatic heterocycles. The molecule has 320 valence electrons. The normalized spacial score (nSPS) is 14.6. The second-order valence-corrected chi connectivity index (χ2v) is 17.2. The van der Waals surface area contributed by atoms with Crippen LogP contribution in [0.25, 0.3) is 83.7 Å². The molecule has 0 aliphatic heterocycles. The van der Waals surface area contributed by atoms with Crippen LogP contribution in [-0.4, -0.2) is 19.1 Å². The molecule has 0 bridgehead atoms. The molecule has 0 atom stereocenters. The van der Waals surface area contributed by atoms with Gasteiger partial charge < -0.3 is 4.74 Å². The SMILES string of the molecule is [2H]c1c([2H])c([2H])c(-c2cccc(-c3c([2H])c([2H])c([2H])c([2H])c3[2H])c2-[n+]2[c-]n(-c3cc(Oc4ccc5c6ccccc6n(-c6cc(C([2H])([2H])C(C)(C)C)ccn6)c5c4)cc(-c4c(C)cccc4C)n3)c3ccccc32)c([2H])c1[2H]. The van der Waals surface area contributed by atoms with E-state index in [0.717, 1.165) is 38.5 Å². The molecule has 11 rings (SSSR count). The summed E-state index contributed by atoms with van der Waals surface area (Å²) >= 11 is 0. The van der Waals surface area contributed by atoms with Gasteiger partial charge in [-0.15, -0.1) is 0 Å². The predicted molar refractivity (Wildman–Crippen MR) is 269 cm³/mol. The van der Waals surface area contributed by atoms with Crippen LogP contribution in [0, 0.1) is 25.6 Å². The third kappa shape index (κ3) is 7.50. The molecule has 0 saturated heterocycles. The van der Waals surface area contributed by atoms with Gasteiger partial charge in [-0.25, -0.2) is 9.97 Å². The van der Waals surface area contributed by atoms with Crippen LogP contribution in [0.15, 0.2) is 194 Å². The largest absolute Gasteiger partial charge is 0.458 e. The van der Waals surface area contributed by atoms with E-state index in [1.807, 2.05) is 118 Å². The Morgan fingerprint density at radius 3 is 2.00 bits per heavy atom. The van der Waals surface area contributed by atoms with Gasteiger partial charge in [0, 0.05) is 43.5 Å². The molecule has 66 heavy (non-hydrogen) atoms. The third-order valence-corrected chi connectivity index (χ3v) is 11.5. The molecule has 0 aliphatic carbocycles. The minimum absolute atomic E-state index is 0.115. The summed E-state index contributed by atoms with van der Waals surface area (Å²) in [6.45, 7) is 9.63. The van der Waals surface area contributed by atoms with Crippen LogP contribution in [0.1, 0.15) is 53.9 Å². The number of aryl methyl sites for hydroxylation is 2. The summed E-state index contributed by atoms with van der Waals surface area (Å²) in [5, 5.41) is 1.90. The molecule has 0 radical (unpaired) electrons. The molecule has 7 aromatic carbocycles. The van der Waals surface area contributed by atoms with E-state index < -0.39 is 72.2 Å². The summed E-state index contributed by atoms with van der Waals surface area (Å²) in [6, 6.07) is 33.4. The Kier molecular flexibility index (Phi) is 7.33. The molecule has 0 fully saturated rings. The lowest BCUT2D eigenvalue weighted by atomic mass is 9.88. The highest BCUT2D eigenvalue weighted by Gasteiger charge is 2.22. The maximum atomic E-state index is 9.13. The molecular weight excluding hydrogens is 807 g/mol. The van der Waals surface area contributed by atoms with Gasteiger partial charge in [-0.1, -0.05) is 160 Å². The van der Waals surface area contributed by atoms with Gasteiger partial charge in [0.1, 0.15) is 17.3 Å². The Labute approximate surface area is 402 Å². The lowest BCUT2D eigenvalue weighted by Crippen LogP contribution is -2.31. The van der Waals surface area contributed by atoms with Gasteiger partial charge in [0.2, 0.25) is 0 Å². The number of benzene rings is 7. The van der Waals surface area contributed by atoms with Gasteiger partial charge in [0.15, 0.2) is 5.82 Å². The highest BCUT2D eigenvalue weighted by atomic mass is 16.5. The Morgan fingerprint density at radius 1 is 0.636 bits per heavy atom. The third-order valence-electron chi connectivity index (χ3n) is 11.5. The fourth-order valence-corrected chi connectivity index (χ4v) is 8.81. The summed E-state index contributed by atoms with van der Waals surface area (Å²) in [7, 11) is 0. The van der Waals surface area contributed by atoms with Crippen LogP contribution in [0.4, 0.5) is 0 Å². The van der Waals surface area contributed by atoms with Crippen molar-refractivity contribution in [2.75, 3.05) is 0 Å². The number of nitrogens with zero attached hydrogens (tertiary/aromatic N) is 5. The van der Waals surface area contributed by atoms with E-state index in [2.05, 4.69) is 6.33 Å². The molecule has 6 heteroatoms. The molecule has 0 spiro atoms. The van der Waals surface area contributed by atoms with Gasteiger partial charge in [-0.2, -0.15) is 0 Å². The second-order valence-electron chi connectivity index (χ2n) is 17.2. The fraction of sp³-hybridized carbons (Fsp3) is 0.117. The first-order chi connectivity index (χ1) is 37.1. The Hall–Kier alpha value is -8.09. The average molecular weight is 868 g/mol. The first-order valence-electron chi connectivity index (χ1n) is 27.6. The first kappa shape index (κ1) is 29.4. The summed E-state index contributed by atoms with van der Waals surface area (Å²) < 4.78 is 118. The van der Waals surface area contributed by atoms with Crippen LogP contribution < -0.4 is 9.30 Å². The van der Waals surface area contributed by atoms with Gasteiger partial charge in [-0.05, 0) is 94.9 Å². The van der Waals surface area contributed by atoms with E-state index in [1.54, 1.807) is 63.9 Å². The van der Waals surface area contributed by atoms with E-state index in [9.17, 15) is 0 Å². The number of hydrogen-bond acceptors (Lipinski definition) is 3. The number of imidazole rings is 1. The molecule has 4 heterocycles. The van der Waals surface area contributed by atoms with E-state index in [4.69, 9.17) is 31.2 Å². The van der Waals surface area contributed by atoms with E-state index in [1.165, 1.54) is 0 Å². The van der Waals surface area contributed by atoms with Crippen LogP contribution >= 0.6 is 0 Å². The second kappa shape index (κ2) is 16.5. The summed E-state index contributed by atoms with van der Waals surface area (Å²) in [5.74, 6) is 1.76. The number of aromatic nitrogens is 5. The number of hydrogen-bond donors (Lipinski definition) is 0. The fourth-order valence-electron chi connectivity index (χ4n) is 8.81. The van der Waals surface area contributed by atoms with Crippen LogP contribution in [0.5, 0.6) is 11.5 Å². The zero-order valence-corrected chi connectivity index (χ0v) is 36.8. The number of rotatable bonds is 9. The molecule has 0 saturated carbocycles. The lowest BCUT2D eigenvalue weighted by molar-refractivity contribution is -0.571. The number of fused-ring (bicyclic) bond motifs is 4. The summed E-state index contributed by atoms with van der Waals surface area (Å²) in [4.78, 5) is 10.1. The highest BCUT2D eigenvalue weighted by Crippen LogP contribution is 2.39. The monoisotopic (exact) mass is 867 g/mol. The zero-order chi connectivity index (χ0) is 55.4. The van der Waals surface area contributed by atoms with Crippen LogP contribution in [0.2, 0.25) is 0 Å². The Balaban J connectivity index is 1.15. The molecule has 0 amide bonds. The molecule has 0 unspecified atom stereocenters. The summed E-state index contributed by atoms with van der Waals surface area (Å²) in [6.07, 6.45) is 3.43. The quantitative estimate of drug-likeness (QED) is 0.107. The predicted octanol–water partition coefficient (Wildman–Crippen LogP) is 14.6. The molecular formula is C60H49N5O. The molecule has 11 aromatic rings. The van der Waals surface area contributed by atoms with Gasteiger partial charge >= 0.3 is 0 Å². The minimum Gasteiger partial charge on any atom is -0.458 e. The maximum absolute atomic E-state index is 9.13. The standard InChI is InChI=1S/C60H49N5O/c1-40-18-16-19-41(2)58(40)51-35-46(66-45-30-31-50-49-24-12-13-27-52(49)65(55(50)36-45)56-34-42(32-33-61-56)38-60(3,4)5)37-57(62-51)63-39-64(54-29-15-14-28-53(54)63)59-47(43-20-8-6-9-21-43)25-17-26-48(59)44-22-10-7-11-23-44/h6-37H,38H2,1-5H3/i6D,7D,8D,9D,10D,11D,20D,21D,22D,23D,38D2. The lowest BCUT2D eigenvalue weighted by Gasteiger charge is -2.18. The van der Waals surface area contributed by atoms with Crippen molar-refractivity contribution in [3.05, 3.63) is 217 Å². The van der Waals surface area contributed by atoms with Crippen LogP contribution in [-0.2, 0) is 6.37 Å². The van der Waals surface area contributed by atoms with Crippen molar-refractivity contribution in [3.63, 3.8) is 0 Å². The number of ether oxygens (including phenoxy) is 1. The van der Waals surface area contributed by atoms with Gasteiger partial charge in [-0.3, -0.25) is 13.7 Å². The van der Waals surface area contributed by atoms with Crippen molar-refractivity contribution in [2.45, 2.75) is 41.0 Å². The number of pyridine rings is 2. The molecule has 0 N–H and O–H groups in total. The Bertz CT molecular complexity index is 4150. The zero-order valence-electron chi connectivity index (χ0n) is 48.8. The van der Waals surface area contributed by atoms with Crippen molar-refractivity contribution < 1.29 is 25.8 Å². The average Bonchev–Trinajstić information content (AvgIpc) is 4.18. The Morgan fingerprint density at radius 2 is 1.29 bits per heavy atom. The molecule has 0 aliphatic rings. The minimum atomic E-state index is -1.67. The van der Waals surface area contributed by atoms with Crippen molar-refractivity contribution in [1.82, 2.24) is 19.1 Å². The summed E-state index contributed by atoms with van der Waals surface area (Å²) in [5.41, 5.74) is 5.85. The van der Waals surface area contributed by atoms with E-state index >= 15 is 0 Å². The van der Waals surface area contributed by atoms with Crippen molar-refractivity contribution in [2.24, 2.45) is 5.41 Å². The van der Waals surface area contributed by atoms with E-state index in [0.29, 0.717) is 45.4 Å². The number of para-hydroxylation sites is 4. The van der Waals surface area contributed by atoms with Crippen molar-refractivity contribution in [3.8, 4) is 62.3 Å². The van der Waals surface area contributed by atoms with Crippen molar-refractivity contribution >= 4 is 32.8 Å².